The number of halogens is 1. The van der Waals surface area contributed by atoms with Crippen molar-refractivity contribution < 1.29 is 14.4 Å². The number of amides is 3. The van der Waals surface area contributed by atoms with Crippen molar-refractivity contribution in [3.05, 3.63) is 100 Å². The number of nitrogens with zero attached hydrogens (tertiary/aromatic N) is 1. The lowest BCUT2D eigenvalue weighted by Crippen LogP contribution is -2.49. The molecule has 0 saturated carbocycles. The lowest BCUT2D eigenvalue weighted by molar-refractivity contribution is -0.123. The van der Waals surface area contributed by atoms with E-state index in [-0.39, 0.29) is 24.3 Å². The van der Waals surface area contributed by atoms with Gasteiger partial charge in [0.25, 0.3) is 11.8 Å². The zero-order valence-electron chi connectivity index (χ0n) is 18.4. The molecule has 3 amide bonds. The molecule has 1 aliphatic rings. The van der Waals surface area contributed by atoms with Gasteiger partial charge in [0.15, 0.2) is 0 Å². The second-order valence-corrected chi connectivity index (χ2v) is 9.38. The minimum Gasteiger partial charge on any atom is -0.353 e. The number of carbonyl (C=O) groups is 3. The molecule has 0 bridgehead atoms. The lowest BCUT2D eigenvalue weighted by Gasteiger charge is -2.26. The van der Waals surface area contributed by atoms with Crippen LogP contribution in [-0.4, -0.2) is 42.3 Å². The van der Waals surface area contributed by atoms with Gasteiger partial charge in [-0.05, 0) is 59.7 Å². The summed E-state index contributed by atoms with van der Waals surface area (Å²) in [6, 6.07) is 22.4. The summed E-state index contributed by atoms with van der Waals surface area (Å²) in [6.45, 7) is 1.40. The third-order valence-corrected chi connectivity index (χ3v) is 6.75. The highest BCUT2D eigenvalue weighted by atomic mass is 35.5. The van der Waals surface area contributed by atoms with Gasteiger partial charge in [0.05, 0.1) is 6.54 Å². The first-order valence-electron chi connectivity index (χ1n) is 10.9. The normalized spacial score (nSPS) is 13.3. The number of hydrogen-bond acceptors (Lipinski definition) is 4. The van der Waals surface area contributed by atoms with Crippen molar-refractivity contribution in [3.63, 3.8) is 0 Å². The van der Waals surface area contributed by atoms with E-state index in [9.17, 15) is 14.4 Å². The molecule has 2 N–H and O–H groups in total. The Bertz CT molecular complexity index is 1170. The first kappa shape index (κ1) is 23.9. The van der Waals surface area contributed by atoms with Crippen LogP contribution >= 0.6 is 23.4 Å². The molecule has 34 heavy (non-hydrogen) atoms. The average molecular weight is 494 g/mol. The fourth-order valence-corrected chi connectivity index (χ4v) is 4.47. The van der Waals surface area contributed by atoms with Crippen LogP contribution in [0.15, 0.2) is 77.7 Å². The molecule has 8 heteroatoms. The Kier molecular flexibility index (Phi) is 7.87. The van der Waals surface area contributed by atoms with Gasteiger partial charge in [-0.1, -0.05) is 35.9 Å². The SMILES string of the molecule is O=C1CN(C(=O)c2ccc(CNC(=O)c3ccc(CSc4ccc(Cl)cc4)cc3)cc2)CCN1. The molecule has 0 aromatic heterocycles. The fourth-order valence-electron chi connectivity index (χ4n) is 3.49. The van der Waals surface area contributed by atoms with Gasteiger partial charge >= 0.3 is 0 Å². The first-order chi connectivity index (χ1) is 16.5. The highest BCUT2D eigenvalue weighted by Crippen LogP contribution is 2.24. The van der Waals surface area contributed by atoms with Crippen LogP contribution in [0.3, 0.4) is 0 Å². The van der Waals surface area contributed by atoms with Crippen LogP contribution in [0, 0.1) is 0 Å². The smallest absolute Gasteiger partial charge is 0.254 e. The minimum absolute atomic E-state index is 0.0786. The summed E-state index contributed by atoms with van der Waals surface area (Å²) in [4.78, 5) is 39.2. The Morgan fingerprint density at radius 2 is 1.56 bits per heavy atom. The molecule has 3 aromatic rings. The Morgan fingerprint density at radius 1 is 0.912 bits per heavy atom. The summed E-state index contributed by atoms with van der Waals surface area (Å²) >= 11 is 7.63. The van der Waals surface area contributed by atoms with E-state index in [2.05, 4.69) is 10.6 Å². The Hall–Kier alpha value is -3.29. The highest BCUT2D eigenvalue weighted by Gasteiger charge is 2.22. The molecule has 0 radical (unpaired) electrons. The molecule has 1 fully saturated rings. The summed E-state index contributed by atoms with van der Waals surface area (Å²) in [6.07, 6.45) is 0. The van der Waals surface area contributed by atoms with Gasteiger partial charge in [-0.3, -0.25) is 14.4 Å². The molecule has 1 heterocycles. The Morgan fingerprint density at radius 3 is 2.24 bits per heavy atom. The first-order valence-corrected chi connectivity index (χ1v) is 12.2. The summed E-state index contributed by atoms with van der Waals surface area (Å²) in [5.74, 6) is 0.333. The van der Waals surface area contributed by atoms with Gasteiger partial charge in [0.2, 0.25) is 5.91 Å². The zero-order chi connectivity index (χ0) is 23.9. The van der Waals surface area contributed by atoms with E-state index in [0.717, 1.165) is 26.8 Å². The largest absolute Gasteiger partial charge is 0.353 e. The number of thioether (sulfide) groups is 1. The van der Waals surface area contributed by atoms with E-state index in [4.69, 9.17) is 11.6 Å². The van der Waals surface area contributed by atoms with Crippen LogP contribution in [0.1, 0.15) is 31.8 Å². The minimum atomic E-state index is -0.167. The molecule has 0 unspecified atom stereocenters. The van der Waals surface area contributed by atoms with Crippen molar-refractivity contribution in [2.75, 3.05) is 19.6 Å². The monoisotopic (exact) mass is 493 g/mol. The predicted molar refractivity (Wildman–Crippen MR) is 134 cm³/mol. The quantitative estimate of drug-likeness (QED) is 0.485. The van der Waals surface area contributed by atoms with Crippen LogP contribution in [-0.2, 0) is 17.1 Å². The van der Waals surface area contributed by atoms with Crippen LogP contribution in [0.4, 0.5) is 0 Å². The molecule has 0 aliphatic carbocycles. The molecule has 0 spiro atoms. The molecule has 4 rings (SSSR count). The Labute approximate surface area is 207 Å². The third kappa shape index (κ3) is 6.40. The highest BCUT2D eigenvalue weighted by molar-refractivity contribution is 7.98. The van der Waals surface area contributed by atoms with E-state index < -0.39 is 0 Å². The fraction of sp³-hybridized carbons (Fsp3) is 0.192. The standard InChI is InChI=1S/C26H24ClN3O3S/c27-22-9-11-23(12-10-22)34-17-19-3-5-20(6-4-19)25(32)29-15-18-1-7-21(8-2-18)26(33)30-14-13-28-24(31)16-30/h1-12H,13-17H2,(H,28,31)(H,29,32). The van der Waals surface area contributed by atoms with Crippen molar-refractivity contribution >= 4 is 41.1 Å². The maximum Gasteiger partial charge on any atom is 0.254 e. The second kappa shape index (κ2) is 11.2. The van der Waals surface area contributed by atoms with E-state index in [1.165, 1.54) is 4.90 Å². The molecule has 1 saturated heterocycles. The van der Waals surface area contributed by atoms with E-state index in [0.29, 0.717) is 30.8 Å². The van der Waals surface area contributed by atoms with Crippen LogP contribution < -0.4 is 10.6 Å². The van der Waals surface area contributed by atoms with E-state index in [1.807, 2.05) is 60.7 Å². The second-order valence-electron chi connectivity index (χ2n) is 7.90. The van der Waals surface area contributed by atoms with Crippen LogP contribution in [0.5, 0.6) is 0 Å². The van der Waals surface area contributed by atoms with Gasteiger partial charge in [-0.25, -0.2) is 0 Å². The van der Waals surface area contributed by atoms with E-state index in [1.54, 1.807) is 23.9 Å². The maximum atomic E-state index is 12.5. The third-order valence-electron chi connectivity index (χ3n) is 5.41. The topological polar surface area (TPSA) is 78.5 Å². The number of rotatable bonds is 7. The van der Waals surface area contributed by atoms with Crippen molar-refractivity contribution in [1.29, 1.82) is 0 Å². The Balaban J connectivity index is 1.26. The van der Waals surface area contributed by atoms with Gasteiger partial charge in [-0.2, -0.15) is 0 Å². The number of piperazine rings is 1. The molecular weight excluding hydrogens is 470 g/mol. The number of benzene rings is 3. The number of carbonyl (C=O) groups excluding carboxylic acids is 3. The molecule has 6 nitrogen and oxygen atoms in total. The summed E-state index contributed by atoms with van der Waals surface area (Å²) in [5, 5.41) is 6.34. The molecule has 1 aliphatic heterocycles. The summed E-state index contributed by atoms with van der Waals surface area (Å²) in [7, 11) is 0. The van der Waals surface area contributed by atoms with Crippen molar-refractivity contribution in [2.24, 2.45) is 0 Å². The molecule has 174 valence electrons. The van der Waals surface area contributed by atoms with Crippen molar-refractivity contribution in [1.82, 2.24) is 15.5 Å². The van der Waals surface area contributed by atoms with Gasteiger partial charge in [-0.15, -0.1) is 11.8 Å². The zero-order valence-corrected chi connectivity index (χ0v) is 20.0. The van der Waals surface area contributed by atoms with Crippen molar-refractivity contribution in [3.8, 4) is 0 Å². The van der Waals surface area contributed by atoms with E-state index >= 15 is 0 Å². The summed E-state index contributed by atoms with van der Waals surface area (Å²) < 4.78 is 0. The van der Waals surface area contributed by atoms with Gasteiger partial charge < -0.3 is 15.5 Å². The lowest BCUT2D eigenvalue weighted by atomic mass is 10.1. The average Bonchev–Trinajstić information content (AvgIpc) is 2.87. The van der Waals surface area contributed by atoms with Gasteiger partial charge in [0.1, 0.15) is 0 Å². The maximum absolute atomic E-state index is 12.5. The van der Waals surface area contributed by atoms with Gasteiger partial charge in [0, 0.05) is 46.4 Å². The predicted octanol–water partition coefficient (Wildman–Crippen LogP) is 4.13. The molecule has 0 atom stereocenters. The van der Waals surface area contributed by atoms with Crippen LogP contribution in [0.2, 0.25) is 5.02 Å². The number of hydrogen-bond donors (Lipinski definition) is 2. The van der Waals surface area contributed by atoms with Crippen LogP contribution in [0.25, 0.3) is 0 Å². The molecular formula is C26H24ClN3O3S. The van der Waals surface area contributed by atoms with Crippen molar-refractivity contribution in [2.45, 2.75) is 17.2 Å². The number of nitrogens with one attached hydrogen (secondary N) is 2. The summed E-state index contributed by atoms with van der Waals surface area (Å²) in [5.41, 5.74) is 3.13. The molecule has 3 aromatic carbocycles.